The van der Waals surface area contributed by atoms with E-state index in [0.717, 1.165) is 12.0 Å². The number of nitrogens with zero attached hydrogens (tertiary/aromatic N) is 1. The Balaban J connectivity index is 1.68. The summed E-state index contributed by atoms with van der Waals surface area (Å²) < 4.78 is 0. The smallest absolute Gasteiger partial charge is 0.354 e. The molecule has 2 aromatic carbocycles. The third-order valence-corrected chi connectivity index (χ3v) is 3.70. The van der Waals surface area contributed by atoms with Gasteiger partial charge in [0.25, 0.3) is 5.91 Å². The number of rotatable bonds is 5. The number of amides is 1. The molecule has 0 fully saturated rings. The summed E-state index contributed by atoms with van der Waals surface area (Å²) in [5.74, 6) is -1.44. The lowest BCUT2D eigenvalue weighted by Crippen LogP contribution is -2.12. The lowest BCUT2D eigenvalue weighted by Gasteiger charge is -2.07. The van der Waals surface area contributed by atoms with Gasteiger partial charge in [-0.2, -0.15) is 0 Å². The van der Waals surface area contributed by atoms with Crippen LogP contribution in [0.1, 0.15) is 32.0 Å². The molecule has 124 valence electrons. The van der Waals surface area contributed by atoms with E-state index in [2.05, 4.69) is 22.4 Å². The van der Waals surface area contributed by atoms with Crippen molar-refractivity contribution in [2.24, 2.45) is 0 Å². The molecule has 3 rings (SSSR count). The lowest BCUT2D eigenvalue weighted by atomic mass is 10.0. The number of carboxylic acid groups (broad SMARTS) is 1. The van der Waals surface area contributed by atoms with E-state index in [9.17, 15) is 9.59 Å². The fraction of sp³-hybridized carbons (Fsp3) is 0.0500. The van der Waals surface area contributed by atoms with Gasteiger partial charge in [-0.15, -0.1) is 0 Å². The number of aromatic nitrogens is 1. The fourth-order valence-electron chi connectivity index (χ4n) is 2.43. The quantitative estimate of drug-likeness (QED) is 0.748. The molecule has 0 saturated carbocycles. The monoisotopic (exact) mass is 332 g/mol. The standard InChI is InChI=1S/C20H16N2O3/c23-19(22-17-10-11-21-18(13-17)20(24)25)16-8-6-15(7-9-16)12-14-4-2-1-3-5-14/h1-11,13H,12H2,(H,24,25)(H,21,22,23). The van der Waals surface area contributed by atoms with Crippen molar-refractivity contribution in [2.75, 3.05) is 5.32 Å². The first-order chi connectivity index (χ1) is 12.1. The van der Waals surface area contributed by atoms with Crippen molar-refractivity contribution >= 4 is 17.6 Å². The summed E-state index contributed by atoms with van der Waals surface area (Å²) >= 11 is 0. The van der Waals surface area contributed by atoms with Crippen molar-refractivity contribution in [1.29, 1.82) is 0 Å². The number of aromatic carboxylic acids is 1. The van der Waals surface area contributed by atoms with Crippen LogP contribution in [0, 0.1) is 0 Å². The Labute approximate surface area is 145 Å². The van der Waals surface area contributed by atoms with Crippen molar-refractivity contribution in [2.45, 2.75) is 6.42 Å². The second-order valence-electron chi connectivity index (χ2n) is 5.55. The van der Waals surface area contributed by atoms with Crippen molar-refractivity contribution in [3.8, 4) is 0 Å². The molecule has 0 unspecified atom stereocenters. The van der Waals surface area contributed by atoms with Gasteiger partial charge in [-0.05, 0) is 41.8 Å². The molecule has 0 aliphatic heterocycles. The first-order valence-electron chi connectivity index (χ1n) is 7.75. The molecule has 0 aliphatic rings. The minimum absolute atomic E-state index is 0.115. The maximum absolute atomic E-state index is 12.3. The molecule has 5 nitrogen and oxygen atoms in total. The van der Waals surface area contributed by atoms with Crippen LogP contribution >= 0.6 is 0 Å². The Kier molecular flexibility index (Phi) is 4.85. The molecule has 0 radical (unpaired) electrons. The molecular formula is C20H16N2O3. The summed E-state index contributed by atoms with van der Waals surface area (Å²) in [7, 11) is 0. The van der Waals surface area contributed by atoms with E-state index in [4.69, 9.17) is 5.11 Å². The number of anilines is 1. The van der Waals surface area contributed by atoms with Gasteiger partial charge < -0.3 is 10.4 Å². The predicted octanol–water partition coefficient (Wildman–Crippen LogP) is 3.62. The summed E-state index contributed by atoms with van der Waals surface area (Å²) in [5, 5.41) is 11.6. The molecule has 0 spiro atoms. The molecular weight excluding hydrogens is 316 g/mol. The highest BCUT2D eigenvalue weighted by Gasteiger charge is 2.09. The van der Waals surface area contributed by atoms with E-state index in [1.54, 1.807) is 18.2 Å². The number of nitrogens with one attached hydrogen (secondary N) is 1. The minimum Gasteiger partial charge on any atom is -0.477 e. The van der Waals surface area contributed by atoms with E-state index in [1.807, 2.05) is 30.3 Å². The number of hydrogen-bond donors (Lipinski definition) is 2. The molecule has 1 amide bonds. The van der Waals surface area contributed by atoms with Crippen LogP contribution in [0.15, 0.2) is 72.9 Å². The van der Waals surface area contributed by atoms with Gasteiger partial charge in [0, 0.05) is 17.4 Å². The maximum Gasteiger partial charge on any atom is 0.354 e. The zero-order valence-corrected chi connectivity index (χ0v) is 13.3. The van der Waals surface area contributed by atoms with Crippen LogP contribution < -0.4 is 5.32 Å². The summed E-state index contributed by atoms with van der Waals surface area (Å²) in [6.45, 7) is 0. The van der Waals surface area contributed by atoms with Crippen LogP contribution in [0.3, 0.4) is 0 Å². The van der Waals surface area contributed by atoms with Gasteiger partial charge in [-0.25, -0.2) is 9.78 Å². The highest BCUT2D eigenvalue weighted by atomic mass is 16.4. The number of carbonyl (C=O) groups excluding carboxylic acids is 1. The Morgan fingerprint density at radius 1 is 0.920 bits per heavy atom. The Morgan fingerprint density at radius 2 is 1.60 bits per heavy atom. The van der Waals surface area contributed by atoms with Crippen LogP contribution in [0.4, 0.5) is 5.69 Å². The van der Waals surface area contributed by atoms with E-state index >= 15 is 0 Å². The third kappa shape index (κ3) is 4.29. The van der Waals surface area contributed by atoms with E-state index in [1.165, 1.54) is 17.8 Å². The summed E-state index contributed by atoms with van der Waals surface area (Å²) in [6.07, 6.45) is 2.15. The van der Waals surface area contributed by atoms with Gasteiger partial charge in [-0.3, -0.25) is 4.79 Å². The van der Waals surface area contributed by atoms with Crippen LogP contribution in [0.5, 0.6) is 0 Å². The summed E-state index contributed by atoms with van der Waals surface area (Å²) in [5.41, 5.74) is 3.10. The minimum atomic E-state index is -1.14. The van der Waals surface area contributed by atoms with Gasteiger partial charge in [0.05, 0.1) is 0 Å². The highest BCUT2D eigenvalue weighted by molar-refractivity contribution is 6.04. The molecule has 2 N–H and O–H groups in total. The molecule has 3 aromatic rings. The zero-order valence-electron chi connectivity index (χ0n) is 13.3. The number of carbonyl (C=O) groups is 2. The van der Waals surface area contributed by atoms with Gasteiger partial charge in [-0.1, -0.05) is 42.5 Å². The fourth-order valence-corrected chi connectivity index (χ4v) is 2.43. The average Bonchev–Trinajstić information content (AvgIpc) is 2.63. The molecule has 25 heavy (non-hydrogen) atoms. The van der Waals surface area contributed by atoms with Crippen molar-refractivity contribution in [3.05, 3.63) is 95.3 Å². The predicted molar refractivity (Wildman–Crippen MR) is 94.8 cm³/mol. The summed E-state index contributed by atoms with van der Waals surface area (Å²) in [6, 6.07) is 20.3. The zero-order chi connectivity index (χ0) is 17.6. The molecule has 1 heterocycles. The summed E-state index contributed by atoms with van der Waals surface area (Å²) in [4.78, 5) is 26.9. The van der Waals surface area contributed by atoms with Crippen molar-refractivity contribution in [3.63, 3.8) is 0 Å². The Bertz CT molecular complexity index is 890. The number of pyridine rings is 1. The van der Waals surface area contributed by atoms with Crippen LogP contribution in [-0.2, 0) is 6.42 Å². The number of benzene rings is 2. The van der Waals surface area contributed by atoms with Gasteiger partial charge in [0.1, 0.15) is 5.69 Å². The first-order valence-corrected chi connectivity index (χ1v) is 7.75. The molecule has 0 saturated heterocycles. The molecule has 5 heteroatoms. The van der Waals surface area contributed by atoms with E-state index in [-0.39, 0.29) is 11.6 Å². The van der Waals surface area contributed by atoms with Crippen LogP contribution in [-0.4, -0.2) is 22.0 Å². The third-order valence-electron chi connectivity index (χ3n) is 3.70. The second-order valence-corrected chi connectivity index (χ2v) is 5.55. The van der Waals surface area contributed by atoms with Gasteiger partial charge in [0.15, 0.2) is 0 Å². The Morgan fingerprint density at radius 3 is 2.28 bits per heavy atom. The Hall–Kier alpha value is -3.47. The maximum atomic E-state index is 12.3. The SMILES string of the molecule is O=C(Nc1ccnc(C(=O)O)c1)c1ccc(Cc2ccccc2)cc1. The number of carboxylic acids is 1. The van der Waals surface area contributed by atoms with Gasteiger partial charge >= 0.3 is 5.97 Å². The largest absolute Gasteiger partial charge is 0.477 e. The first kappa shape index (κ1) is 16.4. The number of hydrogen-bond acceptors (Lipinski definition) is 3. The molecule has 0 bridgehead atoms. The topological polar surface area (TPSA) is 79.3 Å². The second kappa shape index (κ2) is 7.40. The average molecular weight is 332 g/mol. The normalized spacial score (nSPS) is 10.2. The van der Waals surface area contributed by atoms with Crippen molar-refractivity contribution in [1.82, 2.24) is 4.98 Å². The molecule has 0 aliphatic carbocycles. The molecule has 0 atom stereocenters. The molecule has 1 aromatic heterocycles. The lowest BCUT2D eigenvalue weighted by molar-refractivity contribution is 0.0690. The highest BCUT2D eigenvalue weighted by Crippen LogP contribution is 2.13. The van der Waals surface area contributed by atoms with E-state index < -0.39 is 5.97 Å². The van der Waals surface area contributed by atoms with Crippen LogP contribution in [0.25, 0.3) is 0 Å². The van der Waals surface area contributed by atoms with E-state index in [0.29, 0.717) is 11.3 Å². The van der Waals surface area contributed by atoms with Gasteiger partial charge in [0.2, 0.25) is 0 Å². The van der Waals surface area contributed by atoms with Crippen LogP contribution in [0.2, 0.25) is 0 Å². The van der Waals surface area contributed by atoms with Crippen molar-refractivity contribution < 1.29 is 14.7 Å².